The van der Waals surface area contributed by atoms with Crippen molar-refractivity contribution in [3.63, 3.8) is 0 Å². The van der Waals surface area contributed by atoms with Crippen LogP contribution in [0.5, 0.6) is 0 Å². The lowest BCUT2D eigenvalue weighted by Crippen LogP contribution is -2.46. The highest BCUT2D eigenvalue weighted by Gasteiger charge is 2.47. The number of nitrogens with zero attached hydrogens (tertiary/aromatic N) is 3. The second kappa shape index (κ2) is 7.01. The summed E-state index contributed by atoms with van der Waals surface area (Å²) in [6, 6.07) is 15.9. The molecule has 1 fully saturated rings. The number of hydrogen-bond donors (Lipinski definition) is 0. The minimum Gasteiger partial charge on any atom is -0.342 e. The number of amides is 1. The number of halogens is 3. The third-order valence-electron chi connectivity index (χ3n) is 6.24. The van der Waals surface area contributed by atoms with Crippen molar-refractivity contribution in [3.05, 3.63) is 76.5 Å². The Balaban J connectivity index is 1.61. The molecule has 1 aromatic heterocycles. The second-order valence-electron chi connectivity index (χ2n) is 7.95. The van der Waals surface area contributed by atoms with E-state index < -0.39 is 11.5 Å². The maximum Gasteiger partial charge on any atom is 0.251 e. The first kappa shape index (κ1) is 19.4. The van der Waals surface area contributed by atoms with Crippen LogP contribution in [-0.4, -0.2) is 39.4 Å². The van der Waals surface area contributed by atoms with E-state index in [1.807, 2.05) is 54.7 Å². The van der Waals surface area contributed by atoms with Crippen LogP contribution in [0, 0.1) is 0 Å². The number of piperidine rings is 1. The fraction of sp³-hybridized carbons (Fsp3) is 0.304. The molecular formula is C23H20BrF2N3O. The van der Waals surface area contributed by atoms with Crippen LogP contribution in [0.4, 0.5) is 8.78 Å². The first-order chi connectivity index (χ1) is 14.4. The van der Waals surface area contributed by atoms with Crippen LogP contribution in [-0.2, 0) is 10.3 Å². The number of alkyl halides is 2. The van der Waals surface area contributed by atoms with Gasteiger partial charge in [-0.15, -0.1) is 0 Å². The van der Waals surface area contributed by atoms with Crippen LogP contribution in [0.3, 0.4) is 0 Å². The zero-order chi connectivity index (χ0) is 20.9. The van der Waals surface area contributed by atoms with E-state index in [9.17, 15) is 13.6 Å². The van der Waals surface area contributed by atoms with E-state index in [1.165, 1.54) is 0 Å². The molecule has 4 nitrogen and oxygen atoms in total. The lowest BCUT2D eigenvalue weighted by Gasteiger charge is -2.37. The Kier molecular flexibility index (Phi) is 4.54. The number of fused-ring (bicyclic) bond motifs is 3. The number of rotatable bonds is 3. The summed E-state index contributed by atoms with van der Waals surface area (Å²) >= 11 is 3.49. The van der Waals surface area contributed by atoms with Crippen molar-refractivity contribution in [2.75, 3.05) is 13.1 Å². The molecule has 0 spiro atoms. The van der Waals surface area contributed by atoms with Gasteiger partial charge in [-0.2, -0.15) is 0 Å². The van der Waals surface area contributed by atoms with Crippen molar-refractivity contribution in [1.29, 1.82) is 0 Å². The van der Waals surface area contributed by atoms with Gasteiger partial charge in [0, 0.05) is 48.4 Å². The quantitative estimate of drug-likeness (QED) is 0.534. The highest BCUT2D eigenvalue weighted by atomic mass is 79.9. The molecule has 0 radical (unpaired) electrons. The van der Waals surface area contributed by atoms with Gasteiger partial charge in [-0.1, -0.05) is 52.3 Å². The lowest BCUT2D eigenvalue weighted by molar-refractivity contribution is -0.138. The van der Waals surface area contributed by atoms with Gasteiger partial charge < -0.3 is 9.47 Å². The van der Waals surface area contributed by atoms with Crippen molar-refractivity contribution in [2.45, 2.75) is 30.7 Å². The fourth-order valence-corrected chi connectivity index (χ4v) is 4.96. The van der Waals surface area contributed by atoms with E-state index in [1.54, 1.807) is 11.1 Å². The summed E-state index contributed by atoms with van der Waals surface area (Å²) < 4.78 is 30.2. The van der Waals surface area contributed by atoms with E-state index in [2.05, 4.69) is 25.5 Å². The molecular weight excluding hydrogens is 452 g/mol. The number of aromatic nitrogens is 2. The molecule has 7 heteroatoms. The Hall–Kier alpha value is -2.54. The number of likely N-dealkylation sites (tertiary alicyclic amines) is 1. The van der Waals surface area contributed by atoms with Gasteiger partial charge >= 0.3 is 0 Å². The molecule has 3 heterocycles. The van der Waals surface area contributed by atoms with Gasteiger partial charge in [0.25, 0.3) is 5.92 Å². The molecule has 1 atom stereocenters. The molecule has 0 N–H and O–H groups in total. The van der Waals surface area contributed by atoms with Gasteiger partial charge in [0.15, 0.2) is 0 Å². The van der Waals surface area contributed by atoms with E-state index >= 15 is 0 Å². The van der Waals surface area contributed by atoms with Gasteiger partial charge in [0.05, 0.1) is 6.42 Å². The van der Waals surface area contributed by atoms with E-state index in [0.717, 1.165) is 27.0 Å². The van der Waals surface area contributed by atoms with E-state index in [-0.39, 0.29) is 38.3 Å². The Morgan fingerprint density at radius 1 is 1.07 bits per heavy atom. The molecule has 0 saturated carbocycles. The van der Waals surface area contributed by atoms with Crippen molar-refractivity contribution < 1.29 is 13.6 Å². The van der Waals surface area contributed by atoms with Gasteiger partial charge in [0.2, 0.25) is 5.91 Å². The normalized spacial score (nSPS) is 21.9. The molecule has 0 aliphatic carbocycles. The van der Waals surface area contributed by atoms with E-state index in [0.29, 0.717) is 0 Å². The summed E-state index contributed by atoms with van der Waals surface area (Å²) in [5.74, 6) is -1.99. The monoisotopic (exact) mass is 471 g/mol. The smallest absolute Gasteiger partial charge is 0.251 e. The maximum atomic E-state index is 13.6. The molecule has 1 unspecified atom stereocenters. The molecule has 154 valence electrons. The molecule has 1 amide bonds. The van der Waals surface area contributed by atoms with Gasteiger partial charge in [-0.25, -0.2) is 13.8 Å². The zero-order valence-electron chi connectivity index (χ0n) is 16.2. The zero-order valence-corrected chi connectivity index (χ0v) is 17.8. The van der Waals surface area contributed by atoms with E-state index in [4.69, 9.17) is 0 Å². The highest BCUT2D eigenvalue weighted by molar-refractivity contribution is 9.10. The second-order valence-corrected chi connectivity index (χ2v) is 8.86. The van der Waals surface area contributed by atoms with Crippen LogP contribution in [0.25, 0.3) is 11.4 Å². The molecule has 30 heavy (non-hydrogen) atoms. The average Bonchev–Trinajstić information content (AvgIpc) is 3.31. The molecule has 2 aromatic carbocycles. The minimum atomic E-state index is -2.68. The Morgan fingerprint density at radius 3 is 2.50 bits per heavy atom. The minimum absolute atomic E-state index is 0.0840. The molecule has 0 bridgehead atoms. The summed E-state index contributed by atoms with van der Waals surface area (Å²) in [6.07, 6.45) is 3.23. The van der Waals surface area contributed by atoms with Crippen molar-refractivity contribution in [2.24, 2.45) is 0 Å². The summed E-state index contributed by atoms with van der Waals surface area (Å²) in [7, 11) is 0. The highest BCUT2D eigenvalue weighted by Crippen LogP contribution is 2.49. The maximum absolute atomic E-state index is 13.6. The summed E-state index contributed by atoms with van der Waals surface area (Å²) in [5.41, 5.74) is 2.19. The third-order valence-corrected chi connectivity index (χ3v) is 6.77. The predicted octanol–water partition coefficient (Wildman–Crippen LogP) is 5.07. The van der Waals surface area contributed by atoms with Gasteiger partial charge in [0.1, 0.15) is 11.4 Å². The Labute approximate surface area is 181 Å². The van der Waals surface area contributed by atoms with Gasteiger partial charge in [-0.05, 0) is 23.3 Å². The van der Waals surface area contributed by atoms with Crippen molar-refractivity contribution in [1.82, 2.24) is 14.5 Å². The van der Waals surface area contributed by atoms with Crippen LogP contribution in [0.1, 0.15) is 30.4 Å². The standard InChI is InChI=1S/C23H20BrF2N3O/c24-17-7-5-16(6-8-17)23(15-20(30)28-12-9-22(25,26)10-13-28)19-4-2-1-3-18(19)21-27-11-14-29(21)23/h1-8,11,14H,9-10,12-13,15H2. The van der Waals surface area contributed by atoms with Crippen LogP contribution >= 0.6 is 15.9 Å². The Morgan fingerprint density at radius 2 is 1.77 bits per heavy atom. The first-order valence-electron chi connectivity index (χ1n) is 9.96. The summed E-state index contributed by atoms with van der Waals surface area (Å²) in [6.45, 7) is 0.168. The molecule has 5 rings (SSSR count). The van der Waals surface area contributed by atoms with Gasteiger partial charge in [-0.3, -0.25) is 4.79 Å². The largest absolute Gasteiger partial charge is 0.342 e. The molecule has 1 saturated heterocycles. The topological polar surface area (TPSA) is 38.1 Å². The molecule has 2 aliphatic heterocycles. The van der Waals surface area contributed by atoms with Crippen LogP contribution < -0.4 is 0 Å². The number of carbonyl (C=O) groups is 1. The number of benzene rings is 2. The van der Waals surface area contributed by atoms with Crippen molar-refractivity contribution >= 4 is 21.8 Å². The number of carbonyl (C=O) groups excluding carboxylic acids is 1. The predicted molar refractivity (Wildman–Crippen MR) is 113 cm³/mol. The van der Waals surface area contributed by atoms with Crippen LogP contribution in [0.15, 0.2) is 65.4 Å². The lowest BCUT2D eigenvalue weighted by atomic mass is 9.79. The third kappa shape index (κ3) is 2.98. The van der Waals surface area contributed by atoms with Crippen molar-refractivity contribution in [3.8, 4) is 11.4 Å². The SMILES string of the molecule is O=C(CC1(c2ccc(Br)cc2)c2ccccc2-c2nccn21)N1CCC(F)(F)CC1. The first-order valence-corrected chi connectivity index (χ1v) is 10.8. The summed E-state index contributed by atoms with van der Waals surface area (Å²) in [5, 5.41) is 0. The molecule has 2 aliphatic rings. The average molecular weight is 472 g/mol. The molecule has 3 aromatic rings. The van der Waals surface area contributed by atoms with Crippen LogP contribution in [0.2, 0.25) is 0 Å². The fourth-order valence-electron chi connectivity index (χ4n) is 4.70. The Bertz CT molecular complexity index is 1100. The number of hydrogen-bond acceptors (Lipinski definition) is 2. The number of imidazole rings is 1. The summed E-state index contributed by atoms with van der Waals surface area (Å²) in [4.78, 5) is 19.5.